The molecule has 1 fully saturated rings. The summed E-state index contributed by atoms with van der Waals surface area (Å²) in [5.41, 5.74) is 0.173. The number of hydrogen-bond acceptors (Lipinski definition) is 5. The van der Waals surface area contributed by atoms with Gasteiger partial charge in [-0.05, 0) is 38.0 Å². The van der Waals surface area contributed by atoms with E-state index in [2.05, 4.69) is 5.32 Å². The first-order valence-electron chi connectivity index (χ1n) is 7.92. The summed E-state index contributed by atoms with van der Waals surface area (Å²) < 4.78 is 32.0. The van der Waals surface area contributed by atoms with Crippen LogP contribution >= 0.6 is 0 Å². The van der Waals surface area contributed by atoms with Crippen molar-refractivity contribution >= 4 is 21.9 Å². The minimum atomic E-state index is -3.87. The number of sulfonamides is 1. The van der Waals surface area contributed by atoms with Crippen molar-refractivity contribution in [3.05, 3.63) is 29.8 Å². The summed E-state index contributed by atoms with van der Waals surface area (Å²) in [6.07, 6.45) is 1.98. The number of piperidine rings is 1. The summed E-state index contributed by atoms with van der Waals surface area (Å²) >= 11 is 0. The molecule has 1 amide bonds. The van der Waals surface area contributed by atoms with Crippen molar-refractivity contribution in [1.82, 2.24) is 9.62 Å². The molecule has 1 heterocycles. The van der Waals surface area contributed by atoms with Gasteiger partial charge in [0.2, 0.25) is 15.9 Å². The molecule has 0 spiro atoms. The Labute approximate surface area is 142 Å². The third-order valence-corrected chi connectivity index (χ3v) is 5.86. The number of carbonyl (C=O) groups excluding carboxylic acids is 2. The fourth-order valence-corrected chi connectivity index (χ4v) is 4.46. The Kier molecular flexibility index (Phi) is 5.95. The SMILES string of the molecule is CCOC(=O)c1cccc(S(=O)(=O)N2CCCC[C@H]2C(=O)NC)c1. The Hall–Kier alpha value is -1.93. The lowest BCUT2D eigenvalue weighted by molar-refractivity contribution is -0.125. The van der Waals surface area contributed by atoms with E-state index in [9.17, 15) is 18.0 Å². The van der Waals surface area contributed by atoms with Gasteiger partial charge in [0.05, 0.1) is 17.1 Å². The van der Waals surface area contributed by atoms with Gasteiger partial charge in [-0.3, -0.25) is 4.79 Å². The molecule has 0 aliphatic carbocycles. The van der Waals surface area contributed by atoms with Crippen LogP contribution in [-0.2, 0) is 19.6 Å². The maximum absolute atomic E-state index is 12.9. The van der Waals surface area contributed by atoms with E-state index in [1.807, 2.05) is 0 Å². The highest BCUT2D eigenvalue weighted by molar-refractivity contribution is 7.89. The van der Waals surface area contributed by atoms with Crippen LogP contribution in [0.25, 0.3) is 0 Å². The Morgan fingerprint density at radius 1 is 1.33 bits per heavy atom. The Balaban J connectivity index is 2.36. The highest BCUT2D eigenvalue weighted by atomic mass is 32.2. The first-order chi connectivity index (χ1) is 11.4. The van der Waals surface area contributed by atoms with Gasteiger partial charge in [-0.25, -0.2) is 13.2 Å². The fourth-order valence-electron chi connectivity index (χ4n) is 2.75. The second-order valence-corrected chi connectivity index (χ2v) is 7.38. The molecule has 0 aromatic heterocycles. The molecule has 1 aliphatic heterocycles. The van der Waals surface area contributed by atoms with Crippen LogP contribution in [0.4, 0.5) is 0 Å². The topological polar surface area (TPSA) is 92.8 Å². The summed E-state index contributed by atoms with van der Waals surface area (Å²) in [6, 6.07) is 5.00. The van der Waals surface area contributed by atoms with E-state index in [-0.39, 0.29) is 29.5 Å². The van der Waals surface area contributed by atoms with Gasteiger partial charge in [-0.1, -0.05) is 12.5 Å². The molecule has 2 rings (SSSR count). The maximum Gasteiger partial charge on any atom is 0.338 e. The number of ether oxygens (including phenoxy) is 1. The summed E-state index contributed by atoms with van der Waals surface area (Å²) in [5, 5.41) is 2.52. The number of likely N-dealkylation sites (N-methyl/N-ethyl adjacent to an activating group) is 1. The Bertz CT molecular complexity index is 717. The predicted octanol–water partition coefficient (Wildman–Crippen LogP) is 1.15. The molecule has 0 radical (unpaired) electrons. The zero-order valence-corrected chi connectivity index (χ0v) is 14.6. The molecule has 7 nitrogen and oxygen atoms in total. The van der Waals surface area contributed by atoms with Gasteiger partial charge in [-0.2, -0.15) is 4.31 Å². The molecule has 8 heteroatoms. The van der Waals surface area contributed by atoms with Crippen molar-refractivity contribution in [2.45, 2.75) is 37.1 Å². The van der Waals surface area contributed by atoms with E-state index < -0.39 is 22.0 Å². The van der Waals surface area contributed by atoms with E-state index in [0.717, 1.165) is 6.42 Å². The maximum atomic E-state index is 12.9. The summed E-state index contributed by atoms with van der Waals surface area (Å²) in [7, 11) is -2.38. The lowest BCUT2D eigenvalue weighted by atomic mass is 10.0. The minimum absolute atomic E-state index is 0.0103. The highest BCUT2D eigenvalue weighted by Crippen LogP contribution is 2.26. The zero-order chi connectivity index (χ0) is 17.7. The monoisotopic (exact) mass is 354 g/mol. The number of carbonyl (C=O) groups is 2. The largest absolute Gasteiger partial charge is 0.462 e. The molecule has 24 heavy (non-hydrogen) atoms. The quantitative estimate of drug-likeness (QED) is 0.801. The second kappa shape index (κ2) is 7.76. The van der Waals surface area contributed by atoms with Gasteiger partial charge in [0, 0.05) is 13.6 Å². The zero-order valence-electron chi connectivity index (χ0n) is 13.8. The molecule has 1 N–H and O–H groups in total. The van der Waals surface area contributed by atoms with Crippen LogP contribution in [0.2, 0.25) is 0 Å². The van der Waals surface area contributed by atoms with Gasteiger partial charge in [-0.15, -0.1) is 0 Å². The number of rotatable bonds is 5. The van der Waals surface area contributed by atoms with Gasteiger partial charge in [0.15, 0.2) is 0 Å². The average molecular weight is 354 g/mol. The predicted molar refractivity (Wildman–Crippen MR) is 88.0 cm³/mol. The van der Waals surface area contributed by atoms with Crippen molar-refractivity contribution in [2.75, 3.05) is 20.2 Å². The van der Waals surface area contributed by atoms with Gasteiger partial charge in [0.1, 0.15) is 6.04 Å². The van der Waals surface area contributed by atoms with Crippen molar-refractivity contribution in [2.24, 2.45) is 0 Å². The average Bonchev–Trinajstić information content (AvgIpc) is 2.61. The summed E-state index contributed by atoms with van der Waals surface area (Å²) in [6.45, 7) is 2.17. The van der Waals surface area contributed by atoms with Crippen LogP contribution in [0.1, 0.15) is 36.5 Å². The molecule has 1 saturated heterocycles. The van der Waals surface area contributed by atoms with E-state index in [1.165, 1.54) is 35.6 Å². The third-order valence-electron chi connectivity index (χ3n) is 3.95. The molecule has 132 valence electrons. The molecule has 1 aromatic carbocycles. The Morgan fingerprint density at radius 2 is 2.08 bits per heavy atom. The molecular formula is C16H22N2O5S. The van der Waals surface area contributed by atoms with Crippen LogP contribution in [-0.4, -0.2) is 50.8 Å². The molecule has 1 aliphatic rings. The standard InChI is InChI=1S/C16H22N2O5S/c1-3-23-16(20)12-7-6-8-13(11-12)24(21,22)18-10-5-4-9-14(18)15(19)17-2/h6-8,11,14H,3-5,9-10H2,1-2H3,(H,17,19)/t14-/m0/s1. The van der Waals surface area contributed by atoms with Crippen LogP contribution < -0.4 is 5.32 Å². The van der Waals surface area contributed by atoms with E-state index >= 15 is 0 Å². The van der Waals surface area contributed by atoms with Crippen molar-refractivity contribution in [3.8, 4) is 0 Å². The van der Waals surface area contributed by atoms with Crippen LogP contribution in [0.5, 0.6) is 0 Å². The smallest absolute Gasteiger partial charge is 0.338 e. The number of esters is 1. The lowest BCUT2D eigenvalue weighted by Crippen LogP contribution is -2.51. The molecular weight excluding hydrogens is 332 g/mol. The minimum Gasteiger partial charge on any atom is -0.462 e. The van der Waals surface area contributed by atoms with Crippen LogP contribution in [0.15, 0.2) is 29.2 Å². The van der Waals surface area contributed by atoms with E-state index in [0.29, 0.717) is 12.8 Å². The number of amides is 1. The van der Waals surface area contributed by atoms with Gasteiger partial charge in [0.25, 0.3) is 0 Å². The Morgan fingerprint density at radius 3 is 2.75 bits per heavy atom. The van der Waals surface area contributed by atoms with Crippen molar-refractivity contribution in [3.63, 3.8) is 0 Å². The van der Waals surface area contributed by atoms with Gasteiger partial charge >= 0.3 is 5.97 Å². The van der Waals surface area contributed by atoms with E-state index in [4.69, 9.17) is 4.74 Å². The number of nitrogens with zero attached hydrogens (tertiary/aromatic N) is 1. The van der Waals surface area contributed by atoms with E-state index in [1.54, 1.807) is 6.92 Å². The number of hydrogen-bond donors (Lipinski definition) is 1. The van der Waals surface area contributed by atoms with Crippen LogP contribution in [0, 0.1) is 0 Å². The highest BCUT2D eigenvalue weighted by Gasteiger charge is 2.37. The molecule has 1 aromatic rings. The molecule has 0 saturated carbocycles. The van der Waals surface area contributed by atoms with Crippen molar-refractivity contribution < 1.29 is 22.7 Å². The summed E-state index contributed by atoms with van der Waals surface area (Å²) in [5.74, 6) is -0.893. The molecule has 0 unspecified atom stereocenters. The van der Waals surface area contributed by atoms with Gasteiger partial charge < -0.3 is 10.1 Å². The number of nitrogens with one attached hydrogen (secondary N) is 1. The first-order valence-corrected chi connectivity index (χ1v) is 9.36. The number of benzene rings is 1. The molecule has 0 bridgehead atoms. The van der Waals surface area contributed by atoms with Crippen molar-refractivity contribution in [1.29, 1.82) is 0 Å². The third kappa shape index (κ3) is 3.76. The first kappa shape index (κ1) is 18.4. The second-order valence-electron chi connectivity index (χ2n) is 5.49. The molecule has 1 atom stereocenters. The lowest BCUT2D eigenvalue weighted by Gasteiger charge is -2.33. The normalized spacial score (nSPS) is 18.8. The van der Waals surface area contributed by atoms with Crippen LogP contribution in [0.3, 0.4) is 0 Å². The fraction of sp³-hybridized carbons (Fsp3) is 0.500. The summed E-state index contributed by atoms with van der Waals surface area (Å²) in [4.78, 5) is 23.8.